The van der Waals surface area contributed by atoms with E-state index in [4.69, 9.17) is 23.2 Å². The van der Waals surface area contributed by atoms with Gasteiger partial charge in [-0.3, -0.25) is 0 Å². The maximum absolute atomic E-state index is 5.69. The zero-order valence-corrected chi connectivity index (χ0v) is 6.71. The summed E-state index contributed by atoms with van der Waals surface area (Å²) >= 11 is 11.4. The van der Waals surface area contributed by atoms with Crippen LogP contribution in [0.3, 0.4) is 0 Å². The molecule has 0 aliphatic carbocycles. The van der Waals surface area contributed by atoms with Crippen molar-refractivity contribution < 1.29 is 0 Å². The van der Waals surface area contributed by atoms with Crippen molar-refractivity contribution in [3.05, 3.63) is 35.3 Å². The first-order valence-corrected chi connectivity index (χ1v) is 3.48. The Bertz CT molecular complexity index is 235. The van der Waals surface area contributed by atoms with E-state index in [2.05, 4.69) is 12.4 Å². The molecule has 0 bridgehead atoms. The lowest BCUT2D eigenvalue weighted by molar-refractivity contribution is 1.59. The second-order valence-corrected chi connectivity index (χ2v) is 2.62. The maximum Gasteiger partial charge on any atom is 0.0612 e. The Kier molecular flexibility index (Phi) is 2.41. The number of halogens is 2. The Morgan fingerprint density at radius 2 is 1.90 bits per heavy atom. The van der Waals surface area contributed by atoms with Gasteiger partial charge in [0.15, 0.2) is 0 Å². The van der Waals surface area contributed by atoms with Crippen LogP contribution in [-0.4, -0.2) is 0 Å². The first kappa shape index (κ1) is 7.70. The third-order valence-electron chi connectivity index (χ3n) is 1.12. The van der Waals surface area contributed by atoms with Gasteiger partial charge < -0.3 is 5.32 Å². The molecule has 0 aliphatic rings. The third-order valence-corrected chi connectivity index (χ3v) is 1.86. The van der Waals surface area contributed by atoms with Crippen LogP contribution in [0, 0.1) is 7.05 Å². The molecule has 0 saturated carbocycles. The lowest BCUT2D eigenvalue weighted by Crippen LogP contribution is -1.82. The zero-order valence-electron chi connectivity index (χ0n) is 5.20. The van der Waals surface area contributed by atoms with Gasteiger partial charge in [0.05, 0.1) is 10.0 Å². The Labute approximate surface area is 70.0 Å². The molecule has 1 aromatic carbocycles. The summed E-state index contributed by atoms with van der Waals surface area (Å²) in [5, 5.41) is 3.80. The second kappa shape index (κ2) is 3.13. The topological polar surface area (TPSA) is 12.0 Å². The van der Waals surface area contributed by atoms with Gasteiger partial charge in [0.1, 0.15) is 0 Å². The standard InChI is InChI=1S/C7H6Cl2N/c1-10-5-2-3-6(8)7(9)4-5/h2-4,10H,1H2. The average molecular weight is 175 g/mol. The number of benzene rings is 1. The summed E-state index contributed by atoms with van der Waals surface area (Å²) in [7, 11) is 3.47. The molecule has 0 atom stereocenters. The van der Waals surface area contributed by atoms with Crippen LogP contribution in [0.4, 0.5) is 5.69 Å². The molecule has 3 heteroatoms. The SMILES string of the molecule is [CH2]Nc1ccc(Cl)c(Cl)c1. The fourth-order valence-corrected chi connectivity index (χ4v) is 0.904. The number of anilines is 1. The summed E-state index contributed by atoms with van der Waals surface area (Å²) in [6.07, 6.45) is 0. The molecule has 53 valence electrons. The predicted molar refractivity (Wildman–Crippen MR) is 45.4 cm³/mol. The van der Waals surface area contributed by atoms with E-state index >= 15 is 0 Å². The summed E-state index contributed by atoms with van der Waals surface area (Å²) in [4.78, 5) is 0. The van der Waals surface area contributed by atoms with E-state index < -0.39 is 0 Å². The average Bonchev–Trinajstić information content (AvgIpc) is 1.95. The van der Waals surface area contributed by atoms with Crippen LogP contribution in [0.25, 0.3) is 0 Å². The van der Waals surface area contributed by atoms with Crippen molar-refractivity contribution in [1.82, 2.24) is 0 Å². The van der Waals surface area contributed by atoms with Gasteiger partial charge in [-0.25, -0.2) is 0 Å². The minimum Gasteiger partial charge on any atom is -0.383 e. The molecule has 0 fully saturated rings. The largest absolute Gasteiger partial charge is 0.383 e. The Hall–Kier alpha value is -0.400. The highest BCUT2D eigenvalue weighted by Gasteiger charge is 1.95. The molecule has 0 saturated heterocycles. The first-order valence-electron chi connectivity index (χ1n) is 2.72. The smallest absolute Gasteiger partial charge is 0.0612 e. The van der Waals surface area contributed by atoms with Crippen LogP contribution < -0.4 is 5.32 Å². The molecule has 0 aromatic heterocycles. The lowest BCUT2D eigenvalue weighted by atomic mass is 10.3. The fraction of sp³-hybridized carbons (Fsp3) is 0. The van der Waals surface area contributed by atoms with Gasteiger partial charge in [0.25, 0.3) is 0 Å². The molecule has 1 radical (unpaired) electrons. The minimum atomic E-state index is 0.537. The third kappa shape index (κ3) is 1.55. The molecular weight excluding hydrogens is 169 g/mol. The van der Waals surface area contributed by atoms with E-state index in [0.717, 1.165) is 5.69 Å². The number of hydrogen-bond donors (Lipinski definition) is 1. The van der Waals surface area contributed by atoms with E-state index in [1.54, 1.807) is 18.2 Å². The van der Waals surface area contributed by atoms with Gasteiger partial charge in [0.2, 0.25) is 0 Å². The van der Waals surface area contributed by atoms with Crippen molar-refractivity contribution in [3.8, 4) is 0 Å². The van der Waals surface area contributed by atoms with E-state index in [9.17, 15) is 0 Å². The normalized spacial score (nSPS) is 9.50. The van der Waals surface area contributed by atoms with Crippen molar-refractivity contribution >= 4 is 28.9 Å². The van der Waals surface area contributed by atoms with Crippen molar-refractivity contribution in [1.29, 1.82) is 0 Å². The highest BCUT2D eigenvalue weighted by Crippen LogP contribution is 2.24. The highest BCUT2D eigenvalue weighted by atomic mass is 35.5. The van der Waals surface area contributed by atoms with Gasteiger partial charge >= 0.3 is 0 Å². The van der Waals surface area contributed by atoms with Crippen LogP contribution in [0.2, 0.25) is 10.0 Å². The predicted octanol–water partition coefficient (Wildman–Crippen LogP) is 3.20. The minimum absolute atomic E-state index is 0.537. The summed E-state index contributed by atoms with van der Waals surface area (Å²) < 4.78 is 0. The van der Waals surface area contributed by atoms with Crippen molar-refractivity contribution in [2.24, 2.45) is 0 Å². The van der Waals surface area contributed by atoms with E-state index in [-0.39, 0.29) is 0 Å². The first-order chi connectivity index (χ1) is 4.74. The van der Waals surface area contributed by atoms with Crippen LogP contribution in [0.15, 0.2) is 18.2 Å². The Morgan fingerprint density at radius 3 is 2.40 bits per heavy atom. The van der Waals surface area contributed by atoms with Crippen LogP contribution in [0.5, 0.6) is 0 Å². The van der Waals surface area contributed by atoms with Crippen LogP contribution >= 0.6 is 23.2 Å². The summed E-state index contributed by atoms with van der Waals surface area (Å²) in [6.45, 7) is 0. The molecule has 0 heterocycles. The molecule has 0 amide bonds. The molecule has 0 spiro atoms. The van der Waals surface area contributed by atoms with Gasteiger partial charge in [0, 0.05) is 12.7 Å². The van der Waals surface area contributed by atoms with Gasteiger partial charge in [-0.05, 0) is 18.2 Å². The fourth-order valence-electron chi connectivity index (χ4n) is 0.606. The number of nitrogens with one attached hydrogen (secondary N) is 1. The molecule has 1 nitrogen and oxygen atoms in total. The number of rotatable bonds is 1. The molecule has 0 unspecified atom stereocenters. The van der Waals surface area contributed by atoms with Crippen LogP contribution in [0.1, 0.15) is 0 Å². The summed E-state index contributed by atoms with van der Waals surface area (Å²) in [5.41, 5.74) is 0.856. The second-order valence-electron chi connectivity index (χ2n) is 1.81. The Morgan fingerprint density at radius 1 is 1.20 bits per heavy atom. The zero-order chi connectivity index (χ0) is 7.56. The Balaban J connectivity index is 3.04. The van der Waals surface area contributed by atoms with Crippen molar-refractivity contribution in [2.75, 3.05) is 5.32 Å². The van der Waals surface area contributed by atoms with Crippen molar-refractivity contribution in [3.63, 3.8) is 0 Å². The van der Waals surface area contributed by atoms with Gasteiger partial charge in [-0.1, -0.05) is 23.2 Å². The maximum atomic E-state index is 5.69. The van der Waals surface area contributed by atoms with E-state index in [1.165, 1.54) is 0 Å². The summed E-state index contributed by atoms with van der Waals surface area (Å²) in [5.74, 6) is 0. The lowest BCUT2D eigenvalue weighted by Gasteiger charge is -1.99. The molecule has 1 rings (SSSR count). The van der Waals surface area contributed by atoms with E-state index in [0.29, 0.717) is 10.0 Å². The van der Waals surface area contributed by atoms with Gasteiger partial charge in [-0.2, -0.15) is 0 Å². The molecule has 1 N–H and O–H groups in total. The monoisotopic (exact) mass is 174 g/mol. The molecule has 10 heavy (non-hydrogen) atoms. The summed E-state index contributed by atoms with van der Waals surface area (Å²) in [6, 6.07) is 5.25. The number of hydrogen-bond acceptors (Lipinski definition) is 1. The van der Waals surface area contributed by atoms with Crippen LogP contribution in [-0.2, 0) is 0 Å². The molecular formula is C7H6Cl2N. The highest BCUT2D eigenvalue weighted by molar-refractivity contribution is 6.42. The van der Waals surface area contributed by atoms with Crippen molar-refractivity contribution in [2.45, 2.75) is 0 Å². The molecule has 0 aliphatic heterocycles. The molecule has 1 aromatic rings. The van der Waals surface area contributed by atoms with Gasteiger partial charge in [-0.15, -0.1) is 0 Å². The quantitative estimate of drug-likeness (QED) is 0.690. The van der Waals surface area contributed by atoms with E-state index in [1.807, 2.05) is 0 Å².